The highest BCUT2D eigenvalue weighted by molar-refractivity contribution is 6.25. The molecule has 0 spiro atoms. The van der Waals surface area contributed by atoms with Gasteiger partial charge in [-0.05, 0) is 54.0 Å². The van der Waals surface area contributed by atoms with E-state index in [1.54, 1.807) is 0 Å². The molecular formula is C49H31N5O. The normalized spacial score (nSPS) is 13.3. The molecule has 0 bridgehead atoms. The first-order valence-corrected chi connectivity index (χ1v) is 18.8. The van der Waals surface area contributed by atoms with E-state index in [2.05, 4.69) is 143 Å². The van der Waals surface area contributed by atoms with Gasteiger partial charge in [0, 0.05) is 49.1 Å². The number of para-hydroxylation sites is 2. The minimum Gasteiger partial charge on any atom is -0.456 e. The monoisotopic (exact) mass is 705 g/mol. The number of hydrogen-bond donors (Lipinski definition) is 0. The molecule has 0 aliphatic heterocycles. The summed E-state index contributed by atoms with van der Waals surface area (Å²) in [5, 5.41) is 9.05. The van der Waals surface area contributed by atoms with Crippen LogP contribution >= 0.6 is 0 Å². The van der Waals surface area contributed by atoms with E-state index in [0.717, 1.165) is 84.0 Å². The maximum Gasteiger partial charge on any atom is 0.238 e. The average molecular weight is 706 g/mol. The minimum absolute atomic E-state index is 0.562. The van der Waals surface area contributed by atoms with Gasteiger partial charge in [0.15, 0.2) is 11.6 Å². The van der Waals surface area contributed by atoms with Crippen molar-refractivity contribution < 1.29 is 4.42 Å². The molecule has 258 valence electrons. The number of fused-ring (bicyclic) bond motifs is 12. The summed E-state index contributed by atoms with van der Waals surface area (Å²) in [5.41, 5.74) is 9.16. The third-order valence-corrected chi connectivity index (χ3v) is 11.2. The van der Waals surface area contributed by atoms with E-state index in [-0.39, 0.29) is 0 Å². The Hall–Kier alpha value is -7.31. The molecule has 0 unspecified atom stereocenters. The zero-order valence-electron chi connectivity index (χ0n) is 29.6. The van der Waals surface area contributed by atoms with Crippen LogP contribution in [0.5, 0.6) is 0 Å². The van der Waals surface area contributed by atoms with Crippen molar-refractivity contribution in [3.8, 4) is 28.7 Å². The molecule has 0 saturated heterocycles. The molecule has 6 heteroatoms. The lowest BCUT2D eigenvalue weighted by Crippen LogP contribution is -2.07. The van der Waals surface area contributed by atoms with Crippen molar-refractivity contribution in [2.24, 2.45) is 0 Å². The summed E-state index contributed by atoms with van der Waals surface area (Å²) in [7, 11) is 0. The lowest BCUT2D eigenvalue weighted by atomic mass is 10.0. The predicted octanol–water partition coefficient (Wildman–Crippen LogP) is 12.7. The van der Waals surface area contributed by atoms with Crippen LogP contribution in [-0.2, 0) is 0 Å². The van der Waals surface area contributed by atoms with Crippen molar-refractivity contribution in [1.29, 1.82) is 0 Å². The highest BCUT2D eigenvalue weighted by Gasteiger charge is 2.25. The fourth-order valence-electron chi connectivity index (χ4n) is 8.86. The van der Waals surface area contributed by atoms with Crippen LogP contribution < -0.4 is 0 Å². The maximum absolute atomic E-state index is 6.51. The molecular weight excluding hydrogens is 675 g/mol. The molecule has 0 amide bonds. The predicted molar refractivity (Wildman–Crippen MR) is 225 cm³/mol. The van der Waals surface area contributed by atoms with Gasteiger partial charge in [-0.2, -0.15) is 9.97 Å². The number of benzene rings is 7. The smallest absolute Gasteiger partial charge is 0.238 e. The van der Waals surface area contributed by atoms with Crippen molar-refractivity contribution in [3.05, 3.63) is 164 Å². The summed E-state index contributed by atoms with van der Waals surface area (Å²) in [6, 6.07) is 50.9. The van der Waals surface area contributed by atoms with Crippen LogP contribution in [0.1, 0.15) is 12.8 Å². The molecule has 4 aromatic heterocycles. The molecule has 0 atom stereocenters. The van der Waals surface area contributed by atoms with Crippen molar-refractivity contribution in [1.82, 2.24) is 24.1 Å². The average Bonchev–Trinajstić information content (AvgIpc) is 3.92. The lowest BCUT2D eigenvalue weighted by molar-refractivity contribution is 0.669. The van der Waals surface area contributed by atoms with Gasteiger partial charge in [0.1, 0.15) is 11.2 Å². The largest absolute Gasteiger partial charge is 0.456 e. The van der Waals surface area contributed by atoms with Crippen LogP contribution in [-0.4, -0.2) is 24.1 Å². The number of aromatic nitrogens is 5. The number of furan rings is 1. The second-order valence-corrected chi connectivity index (χ2v) is 14.3. The Morgan fingerprint density at radius 2 is 1.16 bits per heavy atom. The molecule has 1 aliphatic rings. The van der Waals surface area contributed by atoms with Crippen LogP contribution in [0.2, 0.25) is 0 Å². The topological polar surface area (TPSA) is 61.7 Å². The summed E-state index contributed by atoms with van der Waals surface area (Å²) in [6.45, 7) is 0. The van der Waals surface area contributed by atoms with Crippen LogP contribution in [0, 0.1) is 0 Å². The first-order valence-electron chi connectivity index (χ1n) is 18.8. The Labute approximate surface area is 314 Å². The lowest BCUT2D eigenvalue weighted by Gasteiger charge is -2.16. The molecule has 1 aliphatic carbocycles. The molecule has 0 radical (unpaired) electrons. The molecule has 11 aromatic rings. The fourth-order valence-corrected chi connectivity index (χ4v) is 8.86. The van der Waals surface area contributed by atoms with E-state index in [1.807, 2.05) is 30.3 Å². The van der Waals surface area contributed by atoms with Gasteiger partial charge in [0.2, 0.25) is 5.95 Å². The van der Waals surface area contributed by atoms with Crippen molar-refractivity contribution in [2.45, 2.75) is 12.8 Å². The summed E-state index contributed by atoms with van der Waals surface area (Å²) in [5.74, 6) is 1.75. The molecule has 12 rings (SSSR count). The molecule has 0 saturated carbocycles. The molecule has 7 aromatic carbocycles. The van der Waals surface area contributed by atoms with Crippen LogP contribution in [0.15, 0.2) is 168 Å². The number of allylic oxidation sites excluding steroid dienone is 4. The van der Waals surface area contributed by atoms with Gasteiger partial charge in [-0.3, -0.25) is 4.57 Å². The Morgan fingerprint density at radius 3 is 1.95 bits per heavy atom. The van der Waals surface area contributed by atoms with Crippen molar-refractivity contribution >= 4 is 82.0 Å². The molecule has 6 nitrogen and oxygen atoms in total. The summed E-state index contributed by atoms with van der Waals surface area (Å²) >= 11 is 0. The Bertz CT molecular complexity index is 3440. The number of nitrogens with zero attached hydrogens (tertiary/aromatic N) is 5. The van der Waals surface area contributed by atoms with Crippen LogP contribution in [0.25, 0.3) is 111 Å². The van der Waals surface area contributed by atoms with Gasteiger partial charge in [0.25, 0.3) is 0 Å². The standard InChI is InChI=1S/C49H31N5O/c1-3-15-31(16-4-1)47-50-48(38-22-13-25-41-44(38)43-33-19-8-7-14-30(33)26-29-42(43)55-41)52-49(51-47)54-40-24-12-10-21-35(40)37-28-27-36-34-20-9-11-23-39(34)53(45(36)46(37)54)32-17-5-2-6-18-32/h1-5,7-17,19-29H,6,18H2. The fraction of sp³-hybridized carbons (Fsp3) is 0.0408. The summed E-state index contributed by atoms with van der Waals surface area (Å²) in [6.07, 6.45) is 8.64. The number of rotatable bonds is 4. The number of hydrogen-bond acceptors (Lipinski definition) is 4. The van der Waals surface area contributed by atoms with E-state index in [9.17, 15) is 0 Å². The molecule has 0 N–H and O–H groups in total. The second kappa shape index (κ2) is 11.6. The SMILES string of the molecule is C1=CCCC(n2c3ccccc3c3ccc4c5ccccc5n(-c5nc(-c6ccccc6)nc(-c6cccc7oc8ccc9ccccc9c8c67)n5)c4c32)=C1. The Morgan fingerprint density at radius 1 is 0.491 bits per heavy atom. The second-order valence-electron chi connectivity index (χ2n) is 14.3. The van der Waals surface area contributed by atoms with Crippen molar-refractivity contribution in [2.75, 3.05) is 0 Å². The zero-order valence-corrected chi connectivity index (χ0v) is 29.6. The van der Waals surface area contributed by atoms with Gasteiger partial charge in [-0.25, -0.2) is 4.98 Å². The van der Waals surface area contributed by atoms with E-state index in [1.165, 1.54) is 22.0 Å². The highest BCUT2D eigenvalue weighted by atomic mass is 16.3. The van der Waals surface area contributed by atoms with Crippen LogP contribution in [0.3, 0.4) is 0 Å². The van der Waals surface area contributed by atoms with E-state index in [4.69, 9.17) is 19.4 Å². The molecule has 0 fully saturated rings. The van der Waals surface area contributed by atoms with Crippen molar-refractivity contribution in [3.63, 3.8) is 0 Å². The molecule has 4 heterocycles. The summed E-state index contributed by atoms with van der Waals surface area (Å²) in [4.78, 5) is 16.0. The first kappa shape index (κ1) is 30.2. The third-order valence-electron chi connectivity index (χ3n) is 11.2. The first-order chi connectivity index (χ1) is 27.3. The van der Waals surface area contributed by atoms with Crippen LogP contribution in [0.4, 0.5) is 0 Å². The Kier molecular flexibility index (Phi) is 6.36. The van der Waals surface area contributed by atoms with Gasteiger partial charge in [-0.1, -0.05) is 133 Å². The quantitative estimate of drug-likeness (QED) is 0.183. The third kappa shape index (κ3) is 4.39. The zero-order chi connectivity index (χ0) is 36.0. The van der Waals surface area contributed by atoms with E-state index < -0.39 is 0 Å². The maximum atomic E-state index is 6.51. The highest BCUT2D eigenvalue weighted by Crippen LogP contribution is 2.43. The molecule has 55 heavy (non-hydrogen) atoms. The van der Waals surface area contributed by atoms with Gasteiger partial charge in [-0.15, -0.1) is 0 Å². The van der Waals surface area contributed by atoms with Gasteiger partial charge in [0.05, 0.1) is 22.1 Å². The van der Waals surface area contributed by atoms with E-state index in [0.29, 0.717) is 17.6 Å². The van der Waals surface area contributed by atoms with Gasteiger partial charge >= 0.3 is 0 Å². The van der Waals surface area contributed by atoms with E-state index >= 15 is 0 Å². The summed E-state index contributed by atoms with van der Waals surface area (Å²) < 4.78 is 11.2. The minimum atomic E-state index is 0.562. The van der Waals surface area contributed by atoms with Gasteiger partial charge < -0.3 is 8.98 Å². The Balaban J connectivity index is 1.24.